The van der Waals surface area contributed by atoms with Crippen LogP contribution in [0.3, 0.4) is 0 Å². The predicted molar refractivity (Wildman–Crippen MR) is 72.5 cm³/mol. The second kappa shape index (κ2) is 5.63. The van der Waals surface area contributed by atoms with Gasteiger partial charge in [0.1, 0.15) is 0 Å². The number of hydrogen-bond acceptors (Lipinski definition) is 2. The number of nitrogens with zero attached hydrogens (tertiary/aromatic N) is 1. The standard InChI is InChI=1S/C15H17NO2/c1-12(16(17)18)11-13-7-9-15(10-8-13)14-5-3-2-4-6-14/h2-5,7,9-10,13-14H,1,6,8,11H2. The average Bonchev–Trinajstić information content (AvgIpc) is 2.40. The van der Waals surface area contributed by atoms with E-state index in [-0.39, 0.29) is 16.5 Å². The zero-order chi connectivity index (χ0) is 13.0. The molecule has 0 aromatic rings. The zero-order valence-corrected chi connectivity index (χ0v) is 10.3. The van der Waals surface area contributed by atoms with Gasteiger partial charge < -0.3 is 0 Å². The van der Waals surface area contributed by atoms with Gasteiger partial charge in [-0.05, 0) is 30.9 Å². The topological polar surface area (TPSA) is 43.1 Å². The highest BCUT2D eigenvalue weighted by molar-refractivity contribution is 5.32. The third-order valence-corrected chi connectivity index (χ3v) is 3.38. The van der Waals surface area contributed by atoms with E-state index in [1.165, 1.54) is 5.57 Å². The Morgan fingerprint density at radius 2 is 2.22 bits per heavy atom. The lowest BCUT2D eigenvalue weighted by Crippen LogP contribution is -2.09. The molecule has 0 aliphatic heterocycles. The number of rotatable bonds is 4. The third kappa shape index (κ3) is 3.06. The first-order valence-electron chi connectivity index (χ1n) is 6.20. The number of allylic oxidation sites excluding steroid dienone is 9. The molecular weight excluding hydrogens is 226 g/mol. The highest BCUT2D eigenvalue weighted by Crippen LogP contribution is 2.29. The maximum absolute atomic E-state index is 10.5. The molecule has 0 bridgehead atoms. The van der Waals surface area contributed by atoms with Crippen LogP contribution >= 0.6 is 0 Å². The van der Waals surface area contributed by atoms with Crippen LogP contribution in [0, 0.1) is 22.0 Å². The molecule has 0 fully saturated rings. The molecule has 2 aliphatic rings. The molecular formula is C15H17NO2. The van der Waals surface area contributed by atoms with Crippen molar-refractivity contribution < 1.29 is 4.92 Å². The lowest BCUT2D eigenvalue weighted by Gasteiger charge is -2.20. The Labute approximate surface area is 107 Å². The molecule has 0 aromatic heterocycles. The molecule has 0 radical (unpaired) electrons. The Bertz CT molecular complexity index is 469. The Morgan fingerprint density at radius 1 is 1.39 bits per heavy atom. The van der Waals surface area contributed by atoms with E-state index in [9.17, 15) is 10.1 Å². The monoisotopic (exact) mass is 243 g/mol. The average molecular weight is 243 g/mol. The van der Waals surface area contributed by atoms with E-state index in [1.807, 2.05) is 0 Å². The molecule has 18 heavy (non-hydrogen) atoms. The Balaban J connectivity index is 1.91. The van der Waals surface area contributed by atoms with E-state index in [1.54, 1.807) is 0 Å². The second-order valence-electron chi connectivity index (χ2n) is 4.74. The summed E-state index contributed by atoms with van der Waals surface area (Å²) >= 11 is 0. The van der Waals surface area contributed by atoms with E-state index < -0.39 is 0 Å². The SMILES string of the molecule is C=C(CC1C=CC(C2C=CC=CC2)=CC1)[N+](=O)[O-]. The lowest BCUT2D eigenvalue weighted by atomic mass is 9.85. The van der Waals surface area contributed by atoms with E-state index in [0.29, 0.717) is 12.3 Å². The zero-order valence-electron chi connectivity index (χ0n) is 10.3. The minimum atomic E-state index is -0.387. The molecule has 3 heteroatoms. The first kappa shape index (κ1) is 12.6. The van der Waals surface area contributed by atoms with Crippen molar-refractivity contribution in [1.29, 1.82) is 0 Å². The summed E-state index contributed by atoms with van der Waals surface area (Å²) in [5.41, 5.74) is 1.42. The Morgan fingerprint density at radius 3 is 2.78 bits per heavy atom. The highest BCUT2D eigenvalue weighted by atomic mass is 16.6. The van der Waals surface area contributed by atoms with Crippen molar-refractivity contribution in [3.8, 4) is 0 Å². The van der Waals surface area contributed by atoms with Crippen LogP contribution in [0.1, 0.15) is 19.3 Å². The van der Waals surface area contributed by atoms with Crippen LogP contribution in [-0.2, 0) is 0 Å². The molecule has 0 aromatic carbocycles. The summed E-state index contributed by atoms with van der Waals surface area (Å²) in [4.78, 5) is 10.1. The van der Waals surface area contributed by atoms with Crippen molar-refractivity contribution in [2.45, 2.75) is 19.3 Å². The van der Waals surface area contributed by atoms with Gasteiger partial charge in [-0.15, -0.1) is 0 Å². The first-order chi connectivity index (χ1) is 8.66. The molecule has 2 atom stereocenters. The summed E-state index contributed by atoms with van der Waals surface area (Å²) in [7, 11) is 0. The van der Waals surface area contributed by atoms with Crippen LogP contribution in [0.25, 0.3) is 0 Å². The van der Waals surface area contributed by atoms with E-state index in [4.69, 9.17) is 0 Å². The second-order valence-corrected chi connectivity index (χ2v) is 4.74. The Kier molecular flexibility index (Phi) is 3.92. The van der Waals surface area contributed by atoms with Gasteiger partial charge in [0, 0.05) is 12.3 Å². The molecule has 0 saturated carbocycles. The molecule has 0 saturated heterocycles. The number of nitro groups is 1. The minimum Gasteiger partial charge on any atom is -0.259 e. The fraction of sp³-hybridized carbons (Fsp3) is 0.333. The summed E-state index contributed by atoms with van der Waals surface area (Å²) in [6, 6.07) is 0. The van der Waals surface area contributed by atoms with Crippen molar-refractivity contribution in [2.75, 3.05) is 0 Å². The lowest BCUT2D eigenvalue weighted by molar-refractivity contribution is -0.428. The third-order valence-electron chi connectivity index (χ3n) is 3.38. The van der Waals surface area contributed by atoms with Crippen LogP contribution in [0.4, 0.5) is 0 Å². The van der Waals surface area contributed by atoms with Gasteiger partial charge in [-0.25, -0.2) is 0 Å². The summed E-state index contributed by atoms with van der Waals surface area (Å²) in [5, 5.41) is 10.5. The van der Waals surface area contributed by atoms with Crippen LogP contribution in [0.2, 0.25) is 0 Å². The highest BCUT2D eigenvalue weighted by Gasteiger charge is 2.18. The molecule has 3 nitrogen and oxygen atoms in total. The maximum atomic E-state index is 10.5. The van der Waals surface area contributed by atoms with Gasteiger partial charge in [-0.3, -0.25) is 10.1 Å². The maximum Gasteiger partial charge on any atom is 0.239 e. The van der Waals surface area contributed by atoms with Crippen LogP contribution < -0.4 is 0 Å². The Hall–Kier alpha value is -1.90. The van der Waals surface area contributed by atoms with Gasteiger partial charge >= 0.3 is 0 Å². The van der Waals surface area contributed by atoms with Crippen LogP contribution in [0.5, 0.6) is 0 Å². The van der Waals surface area contributed by atoms with Crippen LogP contribution in [-0.4, -0.2) is 4.92 Å². The minimum absolute atomic E-state index is 0.0991. The summed E-state index contributed by atoms with van der Waals surface area (Å²) < 4.78 is 0. The predicted octanol–water partition coefficient (Wildman–Crippen LogP) is 3.80. The van der Waals surface area contributed by atoms with E-state index in [2.05, 4.69) is 49.1 Å². The van der Waals surface area contributed by atoms with E-state index in [0.717, 1.165) is 12.8 Å². The summed E-state index contributed by atoms with van der Waals surface area (Å²) in [5.74, 6) is 0.681. The van der Waals surface area contributed by atoms with Crippen molar-refractivity contribution in [1.82, 2.24) is 0 Å². The van der Waals surface area contributed by atoms with Gasteiger partial charge in [0.05, 0.1) is 4.92 Å². The van der Waals surface area contributed by atoms with Gasteiger partial charge in [-0.1, -0.05) is 42.5 Å². The number of hydrogen-bond donors (Lipinski definition) is 0. The van der Waals surface area contributed by atoms with Gasteiger partial charge in [0.2, 0.25) is 5.70 Å². The molecule has 0 spiro atoms. The van der Waals surface area contributed by atoms with Gasteiger partial charge in [-0.2, -0.15) is 0 Å². The first-order valence-corrected chi connectivity index (χ1v) is 6.20. The van der Waals surface area contributed by atoms with Crippen molar-refractivity contribution in [3.05, 3.63) is 70.5 Å². The van der Waals surface area contributed by atoms with Crippen molar-refractivity contribution in [3.63, 3.8) is 0 Å². The van der Waals surface area contributed by atoms with Crippen molar-refractivity contribution >= 4 is 0 Å². The molecule has 0 amide bonds. The molecule has 94 valence electrons. The van der Waals surface area contributed by atoms with Gasteiger partial charge in [0.15, 0.2) is 0 Å². The normalized spacial score (nSPS) is 25.9. The summed E-state index contributed by atoms with van der Waals surface area (Å²) in [6.45, 7) is 3.48. The smallest absolute Gasteiger partial charge is 0.239 e. The molecule has 2 unspecified atom stereocenters. The fourth-order valence-electron chi connectivity index (χ4n) is 2.31. The van der Waals surface area contributed by atoms with Gasteiger partial charge in [0.25, 0.3) is 0 Å². The summed E-state index contributed by atoms with van der Waals surface area (Å²) in [6.07, 6.45) is 17.2. The van der Waals surface area contributed by atoms with Crippen LogP contribution in [0.15, 0.2) is 60.4 Å². The quantitative estimate of drug-likeness (QED) is 0.556. The molecule has 0 heterocycles. The fourth-order valence-corrected chi connectivity index (χ4v) is 2.31. The van der Waals surface area contributed by atoms with Crippen molar-refractivity contribution in [2.24, 2.45) is 11.8 Å². The molecule has 2 rings (SSSR count). The largest absolute Gasteiger partial charge is 0.259 e. The molecule has 0 N–H and O–H groups in total. The molecule has 2 aliphatic carbocycles. The van der Waals surface area contributed by atoms with E-state index >= 15 is 0 Å².